The number of carbonyl (C=O) groups is 2. The highest BCUT2D eigenvalue weighted by molar-refractivity contribution is 5.70. The maximum atomic E-state index is 12.3. The highest BCUT2D eigenvalue weighted by atomic mass is 16.6. The Kier molecular flexibility index (Phi) is 49.8. The van der Waals surface area contributed by atoms with Gasteiger partial charge in [0, 0.05) is 12.8 Å². The number of esters is 2. The van der Waals surface area contributed by atoms with Crippen molar-refractivity contribution in [2.75, 3.05) is 13.2 Å². The monoisotopic (exact) mass is 833 g/mol. The molecule has 1 N–H and O–H groups in total. The van der Waals surface area contributed by atoms with Crippen LogP contribution in [0.1, 0.15) is 303 Å². The molecule has 0 heterocycles. The first-order valence-corrected chi connectivity index (χ1v) is 26.7. The Labute approximate surface area is 369 Å². The summed E-state index contributed by atoms with van der Waals surface area (Å²) >= 11 is 0. The van der Waals surface area contributed by atoms with Gasteiger partial charge in [0.1, 0.15) is 6.61 Å². The number of unbranched alkanes of at least 4 members (excludes halogenated alkanes) is 40. The molecule has 0 aliphatic carbocycles. The van der Waals surface area contributed by atoms with E-state index in [2.05, 4.69) is 26.0 Å². The average Bonchev–Trinajstić information content (AvgIpc) is 3.24. The van der Waals surface area contributed by atoms with E-state index in [1.54, 1.807) is 0 Å². The minimum absolute atomic E-state index is 0.0698. The van der Waals surface area contributed by atoms with Crippen LogP contribution in [0.25, 0.3) is 0 Å². The molecule has 0 aromatic rings. The number of rotatable bonds is 50. The molecule has 0 spiro atoms. The Morgan fingerprint density at radius 3 is 0.966 bits per heavy atom. The van der Waals surface area contributed by atoms with Gasteiger partial charge >= 0.3 is 11.9 Å². The summed E-state index contributed by atoms with van der Waals surface area (Å²) in [6, 6.07) is 0. The number of carbonyl (C=O) groups excluding carboxylic acids is 2. The van der Waals surface area contributed by atoms with E-state index < -0.39 is 6.10 Å². The minimum atomic E-state index is -0.781. The number of allylic oxidation sites excluding steroid dienone is 2. The van der Waals surface area contributed by atoms with Gasteiger partial charge in [-0.3, -0.25) is 9.59 Å². The molecule has 59 heavy (non-hydrogen) atoms. The van der Waals surface area contributed by atoms with E-state index in [1.165, 1.54) is 238 Å². The second kappa shape index (κ2) is 51.0. The first-order chi connectivity index (χ1) is 29.1. The van der Waals surface area contributed by atoms with E-state index in [9.17, 15) is 14.7 Å². The summed E-state index contributed by atoms with van der Waals surface area (Å²) in [6.45, 7) is 4.18. The van der Waals surface area contributed by atoms with Crippen LogP contribution >= 0.6 is 0 Å². The fourth-order valence-electron chi connectivity index (χ4n) is 8.27. The molecule has 0 rings (SSSR count). The molecule has 0 radical (unpaired) electrons. The number of hydrogen-bond donors (Lipinski definition) is 1. The molecule has 0 unspecified atom stereocenters. The Balaban J connectivity index is 3.45. The van der Waals surface area contributed by atoms with E-state index >= 15 is 0 Å². The molecule has 0 aromatic heterocycles. The lowest BCUT2D eigenvalue weighted by Gasteiger charge is -2.15. The zero-order chi connectivity index (χ0) is 42.8. The number of aliphatic hydroxyl groups is 1. The molecule has 0 saturated carbocycles. The fraction of sp³-hybridized carbons (Fsp3) is 0.926. The van der Waals surface area contributed by atoms with Crippen molar-refractivity contribution >= 4 is 11.9 Å². The van der Waals surface area contributed by atoms with E-state index in [-0.39, 0.29) is 25.2 Å². The van der Waals surface area contributed by atoms with Gasteiger partial charge in [-0.15, -0.1) is 0 Å². The molecule has 5 heteroatoms. The van der Waals surface area contributed by atoms with Gasteiger partial charge in [-0.1, -0.05) is 270 Å². The van der Waals surface area contributed by atoms with Crippen LogP contribution in [0, 0.1) is 0 Å². The van der Waals surface area contributed by atoms with Gasteiger partial charge in [-0.25, -0.2) is 0 Å². The topological polar surface area (TPSA) is 72.8 Å². The first kappa shape index (κ1) is 57.6. The maximum Gasteiger partial charge on any atom is 0.306 e. The molecule has 350 valence electrons. The second-order valence-corrected chi connectivity index (χ2v) is 18.3. The third-order valence-corrected chi connectivity index (χ3v) is 12.3. The van der Waals surface area contributed by atoms with Crippen LogP contribution in [0.5, 0.6) is 0 Å². The molecule has 5 nitrogen and oxygen atoms in total. The molecule has 0 bridgehead atoms. The zero-order valence-electron chi connectivity index (χ0n) is 40.0. The van der Waals surface area contributed by atoms with Gasteiger partial charge in [0.2, 0.25) is 0 Å². The number of hydrogen-bond acceptors (Lipinski definition) is 5. The summed E-state index contributed by atoms with van der Waals surface area (Å²) in [6.07, 6.45) is 61.9. The predicted molar refractivity (Wildman–Crippen MR) is 256 cm³/mol. The van der Waals surface area contributed by atoms with Crippen molar-refractivity contribution in [3.63, 3.8) is 0 Å². The van der Waals surface area contributed by atoms with Crippen LogP contribution in [0.4, 0.5) is 0 Å². The summed E-state index contributed by atoms with van der Waals surface area (Å²) in [7, 11) is 0. The van der Waals surface area contributed by atoms with Crippen molar-refractivity contribution in [3.05, 3.63) is 12.2 Å². The van der Waals surface area contributed by atoms with Gasteiger partial charge in [0.05, 0.1) is 6.61 Å². The molecular weight excluding hydrogens is 729 g/mol. The third kappa shape index (κ3) is 49.2. The van der Waals surface area contributed by atoms with Crippen molar-refractivity contribution in [1.29, 1.82) is 0 Å². The normalized spacial score (nSPS) is 12.1. The van der Waals surface area contributed by atoms with Gasteiger partial charge in [-0.2, -0.15) is 0 Å². The third-order valence-electron chi connectivity index (χ3n) is 12.3. The van der Waals surface area contributed by atoms with E-state index in [0.29, 0.717) is 12.8 Å². The van der Waals surface area contributed by atoms with Gasteiger partial charge in [0.25, 0.3) is 0 Å². The second-order valence-electron chi connectivity index (χ2n) is 18.3. The lowest BCUT2D eigenvalue weighted by molar-refractivity contribution is -0.161. The summed E-state index contributed by atoms with van der Waals surface area (Å²) in [5, 5.41) is 9.63. The van der Waals surface area contributed by atoms with Crippen LogP contribution < -0.4 is 0 Å². The largest absolute Gasteiger partial charge is 0.462 e. The molecule has 0 aliphatic heterocycles. The van der Waals surface area contributed by atoms with E-state index in [0.717, 1.165) is 38.5 Å². The van der Waals surface area contributed by atoms with Crippen molar-refractivity contribution in [3.8, 4) is 0 Å². The Bertz CT molecular complexity index is 856. The summed E-state index contributed by atoms with van der Waals surface area (Å²) in [5.41, 5.74) is 0. The van der Waals surface area contributed by atoms with Crippen LogP contribution in [0.15, 0.2) is 12.2 Å². The molecule has 0 aromatic carbocycles. The van der Waals surface area contributed by atoms with Crippen LogP contribution in [-0.4, -0.2) is 36.4 Å². The van der Waals surface area contributed by atoms with Gasteiger partial charge < -0.3 is 14.6 Å². The Hall–Kier alpha value is -1.36. The molecule has 0 fully saturated rings. The number of aliphatic hydroxyl groups excluding tert-OH is 1. The van der Waals surface area contributed by atoms with Crippen molar-refractivity contribution < 1.29 is 24.2 Å². The summed E-state index contributed by atoms with van der Waals surface area (Å²) in [5.74, 6) is -0.607. The number of ether oxygens (including phenoxy) is 2. The standard InChI is InChI=1S/C54H104O5/c1-3-5-7-9-11-13-15-17-19-21-23-25-27-29-31-33-35-37-39-41-43-45-47-49-54(57)59-52(50-55)51-58-53(56)48-46-44-42-40-38-36-34-32-30-28-26-24-22-20-18-16-14-12-10-8-6-4-2/h41,43,52,55H,3-40,42,44-51H2,1-2H3/b43-41+/t52-/m0/s1. The SMILES string of the molecule is CCCCCCCCCCCCCCCCCCCC/C=C/CCCC(=O)O[C@@H](CO)COC(=O)CCCCCCCCCCCCCCCCCCCCCCCC. The lowest BCUT2D eigenvalue weighted by atomic mass is 10.0. The average molecular weight is 833 g/mol. The minimum Gasteiger partial charge on any atom is -0.462 e. The molecular formula is C54H104O5. The Morgan fingerprint density at radius 2 is 0.644 bits per heavy atom. The smallest absolute Gasteiger partial charge is 0.306 e. The van der Waals surface area contributed by atoms with Crippen molar-refractivity contribution in [2.45, 2.75) is 309 Å². The molecule has 1 atom stereocenters. The van der Waals surface area contributed by atoms with Crippen LogP contribution in [-0.2, 0) is 19.1 Å². The molecule has 0 saturated heterocycles. The van der Waals surface area contributed by atoms with Gasteiger partial charge in [-0.05, 0) is 32.1 Å². The highest BCUT2D eigenvalue weighted by Crippen LogP contribution is 2.17. The van der Waals surface area contributed by atoms with Crippen LogP contribution in [0.2, 0.25) is 0 Å². The quantitative estimate of drug-likeness (QED) is 0.0375. The van der Waals surface area contributed by atoms with Crippen molar-refractivity contribution in [1.82, 2.24) is 0 Å². The summed E-state index contributed by atoms with van der Waals surface area (Å²) in [4.78, 5) is 24.4. The van der Waals surface area contributed by atoms with Crippen LogP contribution in [0.3, 0.4) is 0 Å². The predicted octanol–water partition coefficient (Wildman–Crippen LogP) is 17.6. The van der Waals surface area contributed by atoms with E-state index in [4.69, 9.17) is 9.47 Å². The fourth-order valence-corrected chi connectivity index (χ4v) is 8.27. The zero-order valence-corrected chi connectivity index (χ0v) is 40.0. The first-order valence-electron chi connectivity index (χ1n) is 26.7. The van der Waals surface area contributed by atoms with E-state index in [1.807, 2.05) is 0 Å². The maximum absolute atomic E-state index is 12.3. The Morgan fingerprint density at radius 1 is 0.373 bits per heavy atom. The lowest BCUT2D eigenvalue weighted by Crippen LogP contribution is -2.28. The molecule has 0 aliphatic rings. The molecule has 0 amide bonds. The van der Waals surface area contributed by atoms with Gasteiger partial charge in [0.15, 0.2) is 6.10 Å². The van der Waals surface area contributed by atoms with Crippen molar-refractivity contribution in [2.24, 2.45) is 0 Å². The highest BCUT2D eigenvalue weighted by Gasteiger charge is 2.16. The summed E-state index contributed by atoms with van der Waals surface area (Å²) < 4.78 is 10.7.